The summed E-state index contributed by atoms with van der Waals surface area (Å²) in [5, 5.41) is 8.91. The molecule has 0 saturated heterocycles. The van der Waals surface area contributed by atoms with Crippen LogP contribution in [0.3, 0.4) is 0 Å². The van der Waals surface area contributed by atoms with E-state index in [1.54, 1.807) is 6.08 Å². The molecule has 1 N–H and O–H groups in total. The fourth-order valence-electron chi connectivity index (χ4n) is 0.484. The topological polar surface area (TPSA) is 29.5 Å². The van der Waals surface area contributed by atoms with Crippen LogP contribution < -0.4 is 0 Å². The van der Waals surface area contributed by atoms with E-state index in [1.165, 1.54) is 6.26 Å². The zero-order chi connectivity index (χ0) is 7.11. The van der Waals surface area contributed by atoms with Crippen molar-refractivity contribution in [1.29, 1.82) is 0 Å². The van der Waals surface area contributed by atoms with Gasteiger partial charge in [0.15, 0.2) is 6.29 Å². The maximum Gasteiger partial charge on any atom is 0.196 e. The minimum Gasteiger partial charge on any atom is -0.473 e. The highest BCUT2D eigenvalue weighted by molar-refractivity contribution is 4.65. The van der Waals surface area contributed by atoms with Gasteiger partial charge >= 0.3 is 0 Å². The van der Waals surface area contributed by atoms with E-state index in [9.17, 15) is 0 Å². The lowest BCUT2D eigenvalue weighted by atomic mass is 10.3. The highest BCUT2D eigenvalue weighted by atomic mass is 16.6. The largest absolute Gasteiger partial charge is 0.473 e. The van der Waals surface area contributed by atoms with Crippen LogP contribution in [0.5, 0.6) is 0 Å². The Morgan fingerprint density at radius 2 is 2.33 bits per heavy atom. The Morgan fingerprint density at radius 3 is 2.78 bits per heavy atom. The molecule has 1 unspecified atom stereocenters. The third-order valence-corrected chi connectivity index (χ3v) is 0.907. The first kappa shape index (κ1) is 8.50. The van der Waals surface area contributed by atoms with Crippen molar-refractivity contribution in [2.75, 3.05) is 0 Å². The normalized spacial score (nSPS) is 14.1. The second-order valence-electron chi connectivity index (χ2n) is 1.85. The molecule has 0 amide bonds. The summed E-state index contributed by atoms with van der Waals surface area (Å²) in [4.78, 5) is 0. The third kappa shape index (κ3) is 5.37. The fraction of sp³-hybridized carbons (Fsp3) is 0.714. The maximum absolute atomic E-state index is 8.91. The first-order valence-electron chi connectivity index (χ1n) is 3.26. The quantitative estimate of drug-likeness (QED) is 0.463. The van der Waals surface area contributed by atoms with Crippen LogP contribution >= 0.6 is 0 Å². The standard InChI is InChI=1S/C7H14O2/c1-3-5-7(8)9-6-4-2/h4,6-8H,3,5H2,1-2H3. The van der Waals surface area contributed by atoms with Gasteiger partial charge in [-0.1, -0.05) is 19.4 Å². The molecule has 0 aromatic rings. The minimum atomic E-state index is -0.619. The molecule has 0 aromatic carbocycles. The summed E-state index contributed by atoms with van der Waals surface area (Å²) in [7, 11) is 0. The van der Waals surface area contributed by atoms with Crippen molar-refractivity contribution < 1.29 is 9.84 Å². The molecule has 54 valence electrons. The van der Waals surface area contributed by atoms with Crippen LogP contribution in [0.15, 0.2) is 12.3 Å². The number of aliphatic hydroxyl groups is 1. The van der Waals surface area contributed by atoms with E-state index >= 15 is 0 Å². The smallest absolute Gasteiger partial charge is 0.196 e. The van der Waals surface area contributed by atoms with E-state index in [1.807, 2.05) is 13.8 Å². The Hall–Kier alpha value is -0.500. The van der Waals surface area contributed by atoms with Gasteiger partial charge in [0, 0.05) is 6.42 Å². The molecule has 0 fully saturated rings. The van der Waals surface area contributed by atoms with Gasteiger partial charge in [-0.05, 0) is 6.92 Å². The number of hydrogen-bond donors (Lipinski definition) is 1. The van der Waals surface area contributed by atoms with Crippen molar-refractivity contribution in [3.05, 3.63) is 12.3 Å². The monoisotopic (exact) mass is 130 g/mol. The Bertz CT molecular complexity index is 79.0. The first-order valence-corrected chi connectivity index (χ1v) is 3.26. The van der Waals surface area contributed by atoms with Crippen LogP contribution in [0.25, 0.3) is 0 Å². The number of hydrogen-bond acceptors (Lipinski definition) is 2. The zero-order valence-electron chi connectivity index (χ0n) is 6.00. The van der Waals surface area contributed by atoms with Gasteiger partial charge in [0.1, 0.15) is 0 Å². The van der Waals surface area contributed by atoms with E-state index in [0.29, 0.717) is 6.42 Å². The molecule has 0 aromatic heterocycles. The van der Waals surface area contributed by atoms with Crippen LogP contribution in [0, 0.1) is 0 Å². The van der Waals surface area contributed by atoms with E-state index in [0.717, 1.165) is 6.42 Å². The second-order valence-corrected chi connectivity index (χ2v) is 1.85. The Labute approximate surface area is 56.1 Å². The van der Waals surface area contributed by atoms with Gasteiger partial charge in [0.25, 0.3) is 0 Å². The molecular weight excluding hydrogens is 116 g/mol. The van der Waals surface area contributed by atoms with Crippen molar-refractivity contribution in [1.82, 2.24) is 0 Å². The summed E-state index contributed by atoms with van der Waals surface area (Å²) in [6.45, 7) is 3.85. The van der Waals surface area contributed by atoms with E-state index < -0.39 is 6.29 Å². The predicted octanol–water partition coefficient (Wildman–Crippen LogP) is 1.66. The minimum absolute atomic E-state index is 0.619. The molecule has 0 saturated carbocycles. The summed E-state index contributed by atoms with van der Waals surface area (Å²) in [6.07, 6.45) is 4.27. The van der Waals surface area contributed by atoms with E-state index in [4.69, 9.17) is 9.84 Å². The van der Waals surface area contributed by atoms with Crippen molar-refractivity contribution in [3.63, 3.8) is 0 Å². The fourth-order valence-corrected chi connectivity index (χ4v) is 0.484. The lowest BCUT2D eigenvalue weighted by Crippen LogP contribution is -2.06. The number of aliphatic hydroxyl groups excluding tert-OH is 1. The Kier molecular flexibility index (Phi) is 5.32. The molecule has 0 aliphatic rings. The molecule has 0 bridgehead atoms. The number of ether oxygens (including phenoxy) is 1. The lowest BCUT2D eigenvalue weighted by Gasteiger charge is -2.06. The molecular formula is C7H14O2. The molecule has 0 aliphatic carbocycles. The molecule has 9 heavy (non-hydrogen) atoms. The van der Waals surface area contributed by atoms with Crippen molar-refractivity contribution in [3.8, 4) is 0 Å². The summed E-state index contributed by atoms with van der Waals surface area (Å²) in [5.74, 6) is 0. The van der Waals surface area contributed by atoms with Crippen LogP contribution in [0.1, 0.15) is 26.7 Å². The predicted molar refractivity (Wildman–Crippen MR) is 36.8 cm³/mol. The summed E-state index contributed by atoms with van der Waals surface area (Å²) in [5.41, 5.74) is 0. The summed E-state index contributed by atoms with van der Waals surface area (Å²) in [6, 6.07) is 0. The Morgan fingerprint density at radius 1 is 1.67 bits per heavy atom. The molecule has 1 atom stereocenters. The van der Waals surface area contributed by atoms with E-state index in [2.05, 4.69) is 0 Å². The SMILES string of the molecule is CC=COC(O)CCC. The van der Waals surface area contributed by atoms with Gasteiger partial charge in [-0.3, -0.25) is 0 Å². The van der Waals surface area contributed by atoms with Gasteiger partial charge < -0.3 is 9.84 Å². The summed E-state index contributed by atoms with van der Waals surface area (Å²) >= 11 is 0. The summed E-state index contributed by atoms with van der Waals surface area (Å²) < 4.78 is 4.81. The molecule has 0 radical (unpaired) electrons. The average Bonchev–Trinajstić information content (AvgIpc) is 1.85. The van der Waals surface area contributed by atoms with E-state index in [-0.39, 0.29) is 0 Å². The maximum atomic E-state index is 8.91. The first-order chi connectivity index (χ1) is 4.31. The molecule has 0 rings (SSSR count). The van der Waals surface area contributed by atoms with Crippen LogP contribution in [0.2, 0.25) is 0 Å². The molecule has 2 nitrogen and oxygen atoms in total. The molecule has 0 heterocycles. The molecule has 2 heteroatoms. The molecule has 0 aliphatic heterocycles. The average molecular weight is 130 g/mol. The highest BCUT2D eigenvalue weighted by Crippen LogP contribution is 1.97. The zero-order valence-corrected chi connectivity index (χ0v) is 6.00. The van der Waals surface area contributed by atoms with Gasteiger partial charge in [0.05, 0.1) is 6.26 Å². The van der Waals surface area contributed by atoms with Crippen LogP contribution in [0.4, 0.5) is 0 Å². The third-order valence-electron chi connectivity index (χ3n) is 0.907. The number of rotatable bonds is 4. The van der Waals surface area contributed by atoms with Crippen LogP contribution in [-0.4, -0.2) is 11.4 Å². The van der Waals surface area contributed by atoms with Crippen molar-refractivity contribution in [2.24, 2.45) is 0 Å². The van der Waals surface area contributed by atoms with Crippen molar-refractivity contribution in [2.45, 2.75) is 33.0 Å². The van der Waals surface area contributed by atoms with Crippen LogP contribution in [-0.2, 0) is 4.74 Å². The highest BCUT2D eigenvalue weighted by Gasteiger charge is 1.96. The van der Waals surface area contributed by atoms with Crippen molar-refractivity contribution >= 4 is 0 Å². The lowest BCUT2D eigenvalue weighted by molar-refractivity contribution is -0.0563. The van der Waals surface area contributed by atoms with Gasteiger partial charge in [-0.2, -0.15) is 0 Å². The Balaban J connectivity index is 3.15. The number of allylic oxidation sites excluding steroid dienone is 1. The molecule has 0 spiro atoms. The second kappa shape index (κ2) is 5.63. The van der Waals surface area contributed by atoms with Gasteiger partial charge in [-0.25, -0.2) is 0 Å². The van der Waals surface area contributed by atoms with Gasteiger partial charge in [-0.15, -0.1) is 0 Å². The van der Waals surface area contributed by atoms with Gasteiger partial charge in [0.2, 0.25) is 0 Å².